The van der Waals surface area contributed by atoms with Crippen LogP contribution in [-0.2, 0) is 20.7 Å². The standard InChI is InChI=1S/C14H18BrNO4/c1-14(9-20-2,8-13(18)19)16-12(17)7-10-5-3-4-6-11(10)15/h3-6H,7-9H2,1-2H3,(H,16,17)(H,18,19). The summed E-state index contributed by atoms with van der Waals surface area (Å²) >= 11 is 3.38. The van der Waals surface area contributed by atoms with E-state index in [0.717, 1.165) is 10.0 Å². The quantitative estimate of drug-likeness (QED) is 0.793. The number of amides is 1. The van der Waals surface area contributed by atoms with E-state index < -0.39 is 11.5 Å². The van der Waals surface area contributed by atoms with E-state index in [4.69, 9.17) is 9.84 Å². The monoisotopic (exact) mass is 343 g/mol. The third-order valence-electron chi connectivity index (χ3n) is 2.75. The maximum Gasteiger partial charge on any atom is 0.305 e. The van der Waals surface area contributed by atoms with Crippen molar-refractivity contribution < 1.29 is 19.4 Å². The van der Waals surface area contributed by atoms with Crippen LogP contribution < -0.4 is 5.32 Å². The lowest BCUT2D eigenvalue weighted by molar-refractivity contribution is -0.139. The number of methoxy groups -OCH3 is 1. The Morgan fingerprint density at radius 1 is 1.40 bits per heavy atom. The first-order chi connectivity index (χ1) is 9.36. The molecule has 1 aromatic carbocycles. The van der Waals surface area contributed by atoms with Gasteiger partial charge in [0.25, 0.3) is 0 Å². The number of ether oxygens (including phenoxy) is 1. The Morgan fingerprint density at radius 2 is 2.05 bits per heavy atom. The Balaban J connectivity index is 2.71. The van der Waals surface area contributed by atoms with Gasteiger partial charge in [-0.25, -0.2) is 0 Å². The van der Waals surface area contributed by atoms with Gasteiger partial charge in [0.15, 0.2) is 0 Å². The summed E-state index contributed by atoms with van der Waals surface area (Å²) in [6.07, 6.45) is -0.0110. The second kappa shape index (κ2) is 7.40. The lowest BCUT2D eigenvalue weighted by Gasteiger charge is -2.28. The van der Waals surface area contributed by atoms with Crippen molar-refractivity contribution in [2.45, 2.75) is 25.3 Å². The first kappa shape index (κ1) is 16.7. The summed E-state index contributed by atoms with van der Waals surface area (Å²) in [7, 11) is 1.47. The number of benzene rings is 1. The fourth-order valence-electron chi connectivity index (χ4n) is 1.98. The van der Waals surface area contributed by atoms with Crippen molar-refractivity contribution >= 4 is 27.8 Å². The highest BCUT2D eigenvalue weighted by atomic mass is 79.9. The first-order valence-electron chi connectivity index (χ1n) is 6.11. The van der Waals surface area contributed by atoms with Crippen LogP contribution in [0.3, 0.4) is 0 Å². The molecule has 1 aromatic rings. The topological polar surface area (TPSA) is 75.6 Å². The molecule has 110 valence electrons. The highest BCUT2D eigenvalue weighted by molar-refractivity contribution is 9.10. The van der Waals surface area contributed by atoms with Crippen molar-refractivity contribution in [3.63, 3.8) is 0 Å². The van der Waals surface area contributed by atoms with Crippen LogP contribution in [0.1, 0.15) is 18.9 Å². The number of carbonyl (C=O) groups excluding carboxylic acids is 1. The van der Waals surface area contributed by atoms with Gasteiger partial charge in [0.2, 0.25) is 5.91 Å². The van der Waals surface area contributed by atoms with E-state index >= 15 is 0 Å². The summed E-state index contributed by atoms with van der Waals surface area (Å²) in [5.41, 5.74) is -0.0704. The number of carboxylic acid groups (broad SMARTS) is 1. The van der Waals surface area contributed by atoms with Crippen LogP contribution in [0.25, 0.3) is 0 Å². The number of nitrogens with one attached hydrogen (secondary N) is 1. The molecule has 0 heterocycles. The highest BCUT2D eigenvalue weighted by Crippen LogP contribution is 2.17. The number of aliphatic carboxylic acids is 1. The molecule has 0 radical (unpaired) electrons. The number of halogens is 1. The molecule has 0 bridgehead atoms. The van der Waals surface area contributed by atoms with Gasteiger partial charge in [0, 0.05) is 11.6 Å². The van der Waals surface area contributed by atoms with E-state index in [0.29, 0.717) is 0 Å². The summed E-state index contributed by atoms with van der Waals surface area (Å²) in [4.78, 5) is 22.9. The van der Waals surface area contributed by atoms with Crippen LogP contribution in [0.15, 0.2) is 28.7 Å². The molecule has 0 saturated carbocycles. The summed E-state index contributed by atoms with van der Waals surface area (Å²) in [6, 6.07) is 7.41. The smallest absolute Gasteiger partial charge is 0.305 e. The number of rotatable bonds is 7. The second-order valence-electron chi connectivity index (χ2n) is 4.88. The van der Waals surface area contributed by atoms with Crippen LogP contribution in [0, 0.1) is 0 Å². The maximum absolute atomic E-state index is 12.1. The molecule has 0 fully saturated rings. The van der Waals surface area contributed by atoms with E-state index in [1.165, 1.54) is 7.11 Å². The summed E-state index contributed by atoms with van der Waals surface area (Å²) < 4.78 is 5.84. The number of hydrogen-bond acceptors (Lipinski definition) is 3. The Kier molecular flexibility index (Phi) is 6.16. The normalized spacial score (nSPS) is 13.6. The zero-order valence-electron chi connectivity index (χ0n) is 11.5. The number of carboxylic acids is 1. The Bertz CT molecular complexity index is 492. The van der Waals surface area contributed by atoms with Crippen molar-refractivity contribution in [3.8, 4) is 0 Å². The van der Waals surface area contributed by atoms with Crippen molar-refractivity contribution in [1.29, 1.82) is 0 Å². The molecule has 1 atom stereocenters. The molecule has 0 aliphatic carbocycles. The molecule has 5 nitrogen and oxygen atoms in total. The first-order valence-corrected chi connectivity index (χ1v) is 6.91. The second-order valence-corrected chi connectivity index (χ2v) is 5.73. The molecule has 0 spiro atoms. The molecule has 0 aliphatic rings. The van der Waals surface area contributed by atoms with Gasteiger partial charge in [-0.2, -0.15) is 0 Å². The average Bonchev–Trinajstić information content (AvgIpc) is 2.30. The molecular formula is C14H18BrNO4. The number of carbonyl (C=O) groups is 2. The van der Waals surface area contributed by atoms with E-state index in [1.807, 2.05) is 24.3 Å². The van der Waals surface area contributed by atoms with E-state index in [1.54, 1.807) is 6.92 Å². The third-order valence-corrected chi connectivity index (χ3v) is 3.53. The summed E-state index contributed by atoms with van der Waals surface area (Å²) in [5.74, 6) is -1.22. The third kappa shape index (κ3) is 5.30. The highest BCUT2D eigenvalue weighted by Gasteiger charge is 2.29. The molecule has 6 heteroatoms. The van der Waals surface area contributed by atoms with Crippen LogP contribution in [0.5, 0.6) is 0 Å². The van der Waals surface area contributed by atoms with Crippen molar-refractivity contribution in [2.24, 2.45) is 0 Å². The van der Waals surface area contributed by atoms with Crippen LogP contribution in [-0.4, -0.2) is 36.2 Å². The minimum absolute atomic E-state index is 0.140. The van der Waals surface area contributed by atoms with Crippen LogP contribution in [0.2, 0.25) is 0 Å². The van der Waals surface area contributed by atoms with Gasteiger partial charge in [-0.1, -0.05) is 34.1 Å². The van der Waals surface area contributed by atoms with Gasteiger partial charge in [-0.15, -0.1) is 0 Å². The van der Waals surface area contributed by atoms with Gasteiger partial charge in [0.1, 0.15) is 0 Å². The number of hydrogen-bond donors (Lipinski definition) is 2. The Hall–Kier alpha value is -1.40. The van der Waals surface area contributed by atoms with E-state index in [-0.39, 0.29) is 25.4 Å². The van der Waals surface area contributed by atoms with Gasteiger partial charge >= 0.3 is 5.97 Å². The molecule has 1 amide bonds. The predicted octanol–water partition coefficient (Wildman–Crippen LogP) is 1.99. The largest absolute Gasteiger partial charge is 0.481 e. The van der Waals surface area contributed by atoms with Crippen molar-refractivity contribution in [3.05, 3.63) is 34.3 Å². The fourth-order valence-corrected chi connectivity index (χ4v) is 2.40. The van der Waals surface area contributed by atoms with Gasteiger partial charge in [-0.3, -0.25) is 9.59 Å². The lowest BCUT2D eigenvalue weighted by Crippen LogP contribution is -2.51. The van der Waals surface area contributed by atoms with Crippen molar-refractivity contribution in [1.82, 2.24) is 5.32 Å². The van der Waals surface area contributed by atoms with Gasteiger partial charge in [-0.05, 0) is 18.6 Å². The molecule has 1 unspecified atom stereocenters. The zero-order chi connectivity index (χ0) is 15.2. The predicted molar refractivity (Wildman–Crippen MR) is 78.5 cm³/mol. The van der Waals surface area contributed by atoms with Gasteiger partial charge < -0.3 is 15.2 Å². The molecule has 1 rings (SSSR count). The molecular weight excluding hydrogens is 326 g/mol. The molecule has 20 heavy (non-hydrogen) atoms. The van der Waals surface area contributed by atoms with E-state index in [2.05, 4.69) is 21.2 Å². The zero-order valence-corrected chi connectivity index (χ0v) is 13.1. The molecule has 0 saturated heterocycles. The molecule has 0 aromatic heterocycles. The van der Waals surface area contributed by atoms with Crippen LogP contribution in [0.4, 0.5) is 0 Å². The minimum atomic E-state index is -0.981. The Morgan fingerprint density at radius 3 is 2.60 bits per heavy atom. The average molecular weight is 344 g/mol. The summed E-state index contributed by atoms with van der Waals surface area (Å²) in [6.45, 7) is 1.80. The Labute approximate surface area is 126 Å². The molecule has 2 N–H and O–H groups in total. The lowest BCUT2D eigenvalue weighted by atomic mass is 9.98. The van der Waals surface area contributed by atoms with Crippen molar-refractivity contribution in [2.75, 3.05) is 13.7 Å². The fraction of sp³-hybridized carbons (Fsp3) is 0.429. The van der Waals surface area contributed by atoms with Gasteiger partial charge in [0.05, 0.1) is 25.0 Å². The summed E-state index contributed by atoms with van der Waals surface area (Å²) in [5, 5.41) is 11.6. The molecule has 0 aliphatic heterocycles. The minimum Gasteiger partial charge on any atom is -0.481 e. The maximum atomic E-state index is 12.1. The SMILES string of the molecule is COCC(C)(CC(=O)O)NC(=O)Cc1ccccc1Br. The van der Waals surface area contributed by atoms with E-state index in [9.17, 15) is 9.59 Å². The van der Waals surface area contributed by atoms with Crippen LogP contribution >= 0.6 is 15.9 Å².